The molecule has 0 aliphatic carbocycles. The highest BCUT2D eigenvalue weighted by Crippen LogP contribution is 2.23. The van der Waals surface area contributed by atoms with E-state index in [-0.39, 0.29) is 12.3 Å². The maximum absolute atomic E-state index is 6.07. The molecule has 0 heterocycles. The molecule has 1 rings (SSSR count). The van der Waals surface area contributed by atoms with Gasteiger partial charge in [-0.2, -0.15) is 0 Å². The van der Waals surface area contributed by atoms with Crippen LogP contribution in [0.4, 0.5) is 0 Å². The molecule has 0 saturated carbocycles. The molecular weight excluding hydrogens is 262 g/mol. The summed E-state index contributed by atoms with van der Waals surface area (Å²) in [6.07, 6.45) is 0.766. The van der Waals surface area contributed by atoms with Gasteiger partial charge in [-0.1, -0.05) is 30.7 Å². The van der Waals surface area contributed by atoms with E-state index in [0.717, 1.165) is 23.6 Å². The Bertz CT molecular complexity index is 354. The second-order valence-electron chi connectivity index (χ2n) is 4.27. The molecular formula is C15H24ClNO2. The SMILES string of the molecule is CCCNC(c1cccc(Cl)c1)C(OCC)OCC. The number of hydrogen-bond donors (Lipinski definition) is 1. The molecule has 1 N–H and O–H groups in total. The number of nitrogens with one attached hydrogen (secondary N) is 1. The van der Waals surface area contributed by atoms with Crippen LogP contribution in [0.25, 0.3) is 0 Å². The van der Waals surface area contributed by atoms with Crippen LogP contribution >= 0.6 is 11.6 Å². The van der Waals surface area contributed by atoms with Crippen LogP contribution in [0.3, 0.4) is 0 Å². The third-order valence-corrected chi connectivity index (χ3v) is 2.99. The summed E-state index contributed by atoms with van der Waals surface area (Å²) in [4.78, 5) is 0. The monoisotopic (exact) mass is 285 g/mol. The molecule has 0 saturated heterocycles. The molecule has 1 aromatic rings. The summed E-state index contributed by atoms with van der Waals surface area (Å²) < 4.78 is 11.4. The van der Waals surface area contributed by atoms with E-state index in [9.17, 15) is 0 Å². The number of benzene rings is 1. The minimum atomic E-state index is -0.292. The van der Waals surface area contributed by atoms with E-state index in [2.05, 4.69) is 12.2 Å². The second kappa shape index (κ2) is 9.32. The Balaban J connectivity index is 2.90. The van der Waals surface area contributed by atoms with E-state index >= 15 is 0 Å². The average Bonchev–Trinajstić information content (AvgIpc) is 2.40. The zero-order valence-corrected chi connectivity index (χ0v) is 12.7. The Morgan fingerprint density at radius 2 is 1.84 bits per heavy atom. The lowest BCUT2D eigenvalue weighted by molar-refractivity contribution is -0.155. The maximum Gasteiger partial charge on any atom is 0.176 e. The molecule has 0 aliphatic rings. The molecule has 4 heteroatoms. The molecule has 19 heavy (non-hydrogen) atoms. The van der Waals surface area contributed by atoms with Gasteiger partial charge in [0.2, 0.25) is 0 Å². The first-order valence-electron chi connectivity index (χ1n) is 6.94. The molecule has 0 bridgehead atoms. The third kappa shape index (κ3) is 5.49. The van der Waals surface area contributed by atoms with Crippen molar-refractivity contribution in [3.8, 4) is 0 Å². The summed E-state index contributed by atoms with van der Waals surface area (Å²) in [7, 11) is 0. The summed E-state index contributed by atoms with van der Waals surface area (Å²) in [5.74, 6) is 0. The Morgan fingerprint density at radius 1 is 1.16 bits per heavy atom. The van der Waals surface area contributed by atoms with Gasteiger partial charge in [0.05, 0.1) is 6.04 Å². The summed E-state index contributed by atoms with van der Waals surface area (Å²) in [5.41, 5.74) is 1.09. The fourth-order valence-corrected chi connectivity index (χ4v) is 2.14. The van der Waals surface area contributed by atoms with Gasteiger partial charge in [0, 0.05) is 18.2 Å². The highest BCUT2D eigenvalue weighted by atomic mass is 35.5. The van der Waals surface area contributed by atoms with Gasteiger partial charge in [-0.25, -0.2) is 0 Å². The van der Waals surface area contributed by atoms with Gasteiger partial charge in [-0.15, -0.1) is 0 Å². The van der Waals surface area contributed by atoms with Crippen molar-refractivity contribution >= 4 is 11.6 Å². The van der Waals surface area contributed by atoms with Crippen LogP contribution in [-0.2, 0) is 9.47 Å². The van der Waals surface area contributed by atoms with Crippen molar-refractivity contribution in [2.24, 2.45) is 0 Å². The average molecular weight is 286 g/mol. The molecule has 0 aromatic heterocycles. The van der Waals surface area contributed by atoms with Crippen LogP contribution in [0.2, 0.25) is 5.02 Å². The van der Waals surface area contributed by atoms with Crippen molar-refractivity contribution in [3.05, 3.63) is 34.9 Å². The first-order valence-corrected chi connectivity index (χ1v) is 7.32. The highest BCUT2D eigenvalue weighted by molar-refractivity contribution is 6.30. The van der Waals surface area contributed by atoms with Crippen molar-refractivity contribution in [1.82, 2.24) is 5.32 Å². The molecule has 0 radical (unpaired) electrons. The minimum absolute atomic E-state index is 0.00134. The van der Waals surface area contributed by atoms with Crippen molar-refractivity contribution in [2.45, 2.75) is 39.5 Å². The molecule has 0 amide bonds. The molecule has 1 atom stereocenters. The molecule has 3 nitrogen and oxygen atoms in total. The summed E-state index contributed by atoms with van der Waals surface area (Å²) >= 11 is 6.07. The van der Waals surface area contributed by atoms with Gasteiger partial charge in [-0.3, -0.25) is 0 Å². The fraction of sp³-hybridized carbons (Fsp3) is 0.600. The van der Waals surface area contributed by atoms with E-state index in [1.807, 2.05) is 38.1 Å². The lowest BCUT2D eigenvalue weighted by Gasteiger charge is -2.28. The number of halogens is 1. The number of ether oxygens (including phenoxy) is 2. The standard InChI is InChI=1S/C15H24ClNO2/c1-4-10-17-14(15(18-5-2)19-6-3)12-8-7-9-13(16)11-12/h7-9,11,14-15,17H,4-6,10H2,1-3H3. The number of hydrogen-bond acceptors (Lipinski definition) is 3. The fourth-order valence-electron chi connectivity index (χ4n) is 1.94. The van der Waals surface area contributed by atoms with E-state index in [1.54, 1.807) is 0 Å². The van der Waals surface area contributed by atoms with Gasteiger partial charge in [-0.05, 0) is 44.5 Å². The van der Waals surface area contributed by atoms with Crippen LogP contribution < -0.4 is 5.32 Å². The van der Waals surface area contributed by atoms with E-state index < -0.39 is 0 Å². The minimum Gasteiger partial charge on any atom is -0.351 e. The normalized spacial score (nSPS) is 12.9. The molecule has 0 aliphatic heterocycles. The Hall–Kier alpha value is -0.610. The summed E-state index contributed by atoms with van der Waals surface area (Å²) in [5, 5.41) is 4.20. The molecule has 1 aromatic carbocycles. The predicted molar refractivity (Wildman–Crippen MR) is 79.5 cm³/mol. The quantitative estimate of drug-likeness (QED) is 0.701. The zero-order chi connectivity index (χ0) is 14.1. The molecule has 0 spiro atoms. The topological polar surface area (TPSA) is 30.5 Å². The first kappa shape index (κ1) is 16.4. The van der Waals surface area contributed by atoms with E-state index in [1.165, 1.54) is 0 Å². The van der Waals surface area contributed by atoms with Crippen LogP contribution in [0.15, 0.2) is 24.3 Å². The lowest BCUT2D eigenvalue weighted by atomic mass is 10.1. The van der Waals surface area contributed by atoms with Crippen LogP contribution in [0, 0.1) is 0 Å². The summed E-state index contributed by atoms with van der Waals surface area (Å²) in [6.45, 7) is 8.24. The Morgan fingerprint density at radius 3 is 2.37 bits per heavy atom. The van der Waals surface area contributed by atoms with Crippen LogP contribution in [-0.4, -0.2) is 26.0 Å². The van der Waals surface area contributed by atoms with Gasteiger partial charge in [0.15, 0.2) is 6.29 Å². The molecule has 108 valence electrons. The molecule has 0 fully saturated rings. The van der Waals surface area contributed by atoms with Gasteiger partial charge in [0.25, 0.3) is 0 Å². The summed E-state index contributed by atoms with van der Waals surface area (Å²) in [6, 6.07) is 7.83. The highest BCUT2D eigenvalue weighted by Gasteiger charge is 2.23. The predicted octanol–water partition coefficient (Wildman–Crippen LogP) is 3.78. The van der Waals surface area contributed by atoms with Gasteiger partial charge >= 0.3 is 0 Å². The second-order valence-corrected chi connectivity index (χ2v) is 4.70. The van der Waals surface area contributed by atoms with Crippen molar-refractivity contribution in [1.29, 1.82) is 0 Å². The zero-order valence-electron chi connectivity index (χ0n) is 12.0. The smallest absolute Gasteiger partial charge is 0.176 e. The largest absolute Gasteiger partial charge is 0.351 e. The van der Waals surface area contributed by atoms with Gasteiger partial charge in [0.1, 0.15) is 0 Å². The van der Waals surface area contributed by atoms with Gasteiger partial charge < -0.3 is 14.8 Å². The van der Waals surface area contributed by atoms with Crippen molar-refractivity contribution < 1.29 is 9.47 Å². The maximum atomic E-state index is 6.07. The first-order chi connectivity index (χ1) is 9.22. The van der Waals surface area contributed by atoms with Crippen molar-refractivity contribution in [2.75, 3.05) is 19.8 Å². The Kier molecular flexibility index (Phi) is 8.07. The third-order valence-electron chi connectivity index (χ3n) is 2.76. The lowest BCUT2D eigenvalue weighted by Crippen LogP contribution is -2.36. The Labute approximate surface area is 121 Å². The van der Waals surface area contributed by atoms with Crippen LogP contribution in [0.1, 0.15) is 38.8 Å². The van der Waals surface area contributed by atoms with Crippen molar-refractivity contribution in [3.63, 3.8) is 0 Å². The van der Waals surface area contributed by atoms with E-state index in [4.69, 9.17) is 21.1 Å². The number of rotatable bonds is 9. The van der Waals surface area contributed by atoms with Crippen LogP contribution in [0.5, 0.6) is 0 Å². The molecule has 1 unspecified atom stereocenters. The van der Waals surface area contributed by atoms with E-state index in [0.29, 0.717) is 13.2 Å².